The highest BCUT2D eigenvalue weighted by Crippen LogP contribution is 2.23. The van der Waals surface area contributed by atoms with E-state index in [9.17, 15) is 0 Å². The molecule has 0 aliphatic heterocycles. The molecule has 0 saturated carbocycles. The number of hydrogen-bond acceptors (Lipinski definition) is 2. The van der Waals surface area contributed by atoms with Crippen LogP contribution in [0.4, 0.5) is 0 Å². The lowest BCUT2D eigenvalue weighted by Gasteiger charge is -2.09. The quantitative estimate of drug-likeness (QED) is 0.329. The van der Waals surface area contributed by atoms with Gasteiger partial charge in [-0.1, -0.05) is 61.0 Å². The number of alkyl halides is 1. The van der Waals surface area contributed by atoms with Crippen LogP contribution in [0.25, 0.3) is 23.8 Å². The van der Waals surface area contributed by atoms with Gasteiger partial charge in [0.15, 0.2) is 0 Å². The van der Waals surface area contributed by atoms with Crippen molar-refractivity contribution in [2.75, 3.05) is 5.88 Å². The molecular weight excluding hydrogens is 413 g/mol. The summed E-state index contributed by atoms with van der Waals surface area (Å²) in [5.74, 6) is 1.22. The molecule has 0 aliphatic rings. The van der Waals surface area contributed by atoms with Crippen LogP contribution < -0.4 is 15.3 Å². The van der Waals surface area contributed by atoms with Crippen molar-refractivity contribution >= 4 is 47.0 Å². The third kappa shape index (κ3) is 5.98. The van der Waals surface area contributed by atoms with Crippen LogP contribution in [0, 0.1) is 0 Å². The van der Waals surface area contributed by atoms with Crippen molar-refractivity contribution in [1.82, 2.24) is 4.98 Å². The van der Waals surface area contributed by atoms with Crippen LogP contribution in [0.1, 0.15) is 37.1 Å². The number of rotatable bonds is 7. The Balaban J connectivity index is 1.71. The van der Waals surface area contributed by atoms with Gasteiger partial charge >= 0.3 is 0 Å². The molecule has 0 saturated heterocycles. The Morgan fingerprint density at radius 1 is 1.00 bits per heavy atom. The van der Waals surface area contributed by atoms with Crippen molar-refractivity contribution in [3.63, 3.8) is 0 Å². The number of halogens is 2. The molecule has 3 rings (SSSR count). The second-order valence-corrected chi connectivity index (χ2v) is 7.55. The van der Waals surface area contributed by atoms with Gasteiger partial charge in [0.1, 0.15) is 12.4 Å². The van der Waals surface area contributed by atoms with Gasteiger partial charge in [-0.05, 0) is 71.7 Å². The van der Waals surface area contributed by atoms with Crippen molar-refractivity contribution < 1.29 is 4.74 Å². The van der Waals surface area contributed by atoms with Gasteiger partial charge in [0.05, 0.1) is 11.0 Å². The molecule has 4 heteroatoms. The normalized spacial score (nSPS) is 13.0. The average Bonchev–Trinajstić information content (AvgIpc) is 2.78. The van der Waals surface area contributed by atoms with E-state index in [4.69, 9.17) is 27.9 Å². The van der Waals surface area contributed by atoms with Crippen molar-refractivity contribution in [3.05, 3.63) is 93.1 Å². The molecule has 0 aliphatic carbocycles. The van der Waals surface area contributed by atoms with Gasteiger partial charge in [-0.2, -0.15) is 0 Å². The summed E-state index contributed by atoms with van der Waals surface area (Å²) >= 11 is 12.1. The molecular formula is C26H25Cl2NO. The van der Waals surface area contributed by atoms with E-state index < -0.39 is 0 Å². The lowest BCUT2D eigenvalue weighted by molar-refractivity contribution is 0.301. The lowest BCUT2D eigenvalue weighted by atomic mass is 10.0. The first-order chi connectivity index (χ1) is 14.6. The van der Waals surface area contributed by atoms with Gasteiger partial charge in [-0.25, -0.2) is 4.98 Å². The molecule has 2 aromatic carbocycles. The summed E-state index contributed by atoms with van der Waals surface area (Å²) in [6.45, 7) is 4.56. The first-order valence-electron chi connectivity index (χ1n) is 10.0. The largest absolute Gasteiger partial charge is 0.487 e. The van der Waals surface area contributed by atoms with Crippen molar-refractivity contribution in [2.24, 2.45) is 0 Å². The molecule has 0 bridgehead atoms. The van der Waals surface area contributed by atoms with Crippen LogP contribution >= 0.6 is 23.2 Å². The molecule has 30 heavy (non-hydrogen) atoms. The summed E-state index contributed by atoms with van der Waals surface area (Å²) in [5.41, 5.74) is 4.07. The van der Waals surface area contributed by atoms with Gasteiger partial charge in [0, 0.05) is 10.9 Å². The van der Waals surface area contributed by atoms with Gasteiger partial charge in [-0.15, -0.1) is 11.6 Å². The molecule has 0 atom stereocenters. The third-order valence-corrected chi connectivity index (χ3v) is 5.22. The van der Waals surface area contributed by atoms with Crippen LogP contribution in [0.15, 0.2) is 60.7 Å². The number of aromatic nitrogens is 1. The van der Waals surface area contributed by atoms with Gasteiger partial charge < -0.3 is 4.74 Å². The molecule has 0 amide bonds. The van der Waals surface area contributed by atoms with Crippen LogP contribution in [-0.4, -0.2) is 10.9 Å². The summed E-state index contributed by atoms with van der Waals surface area (Å²) in [6.07, 6.45) is 7.26. The van der Waals surface area contributed by atoms with E-state index in [1.54, 1.807) is 0 Å². The number of pyridine rings is 1. The zero-order valence-corrected chi connectivity index (χ0v) is 18.8. The highest BCUT2D eigenvalue weighted by atomic mass is 35.5. The predicted octanol–water partition coefficient (Wildman–Crippen LogP) is 6.08. The molecule has 0 fully saturated rings. The smallest absolute Gasteiger partial charge is 0.130 e. The van der Waals surface area contributed by atoms with Gasteiger partial charge in [0.2, 0.25) is 0 Å². The first kappa shape index (κ1) is 22.1. The predicted molar refractivity (Wildman–Crippen MR) is 129 cm³/mol. The Bertz CT molecular complexity index is 1120. The summed E-state index contributed by atoms with van der Waals surface area (Å²) in [4.78, 5) is 4.69. The summed E-state index contributed by atoms with van der Waals surface area (Å²) in [6, 6.07) is 19.8. The van der Waals surface area contributed by atoms with Crippen molar-refractivity contribution in [2.45, 2.75) is 26.9 Å². The highest BCUT2D eigenvalue weighted by molar-refractivity contribution is 6.30. The summed E-state index contributed by atoms with van der Waals surface area (Å²) < 4.78 is 5.94. The van der Waals surface area contributed by atoms with Gasteiger partial charge in [0.25, 0.3) is 0 Å². The molecule has 2 nitrogen and oxygen atoms in total. The topological polar surface area (TPSA) is 22.1 Å². The SMILES string of the molecule is CC=c1nc(COc2ccc(C(=Cc3ccc(Cl)cc3)CCl)cc2)ccc1=CCC. The van der Waals surface area contributed by atoms with E-state index in [0.717, 1.165) is 50.2 Å². The standard InChI is InChI=1S/C26H25Cl2NO/c1-3-5-21-8-13-24(29-26(21)4-2)18-30-25-14-9-20(10-15-25)22(17-27)16-19-6-11-23(28)12-7-19/h4-16H,3,17-18H2,1-2H3. The Kier molecular flexibility index (Phi) is 8.12. The van der Waals surface area contributed by atoms with Crippen LogP contribution in [-0.2, 0) is 6.61 Å². The minimum atomic E-state index is 0.421. The maximum atomic E-state index is 6.19. The Labute approximate surface area is 188 Å². The maximum absolute atomic E-state index is 6.19. The number of allylic oxidation sites excluding steroid dienone is 1. The number of nitrogens with zero attached hydrogens (tertiary/aromatic N) is 1. The number of ether oxygens (including phenoxy) is 1. The second-order valence-electron chi connectivity index (χ2n) is 6.85. The third-order valence-electron chi connectivity index (χ3n) is 4.68. The fourth-order valence-corrected chi connectivity index (χ4v) is 3.47. The zero-order chi connectivity index (χ0) is 21.3. The zero-order valence-electron chi connectivity index (χ0n) is 17.2. The Hall–Kier alpha value is -2.55. The van der Waals surface area contributed by atoms with Gasteiger partial charge in [-0.3, -0.25) is 0 Å². The van der Waals surface area contributed by atoms with Crippen LogP contribution in [0.3, 0.4) is 0 Å². The van der Waals surface area contributed by atoms with Crippen LogP contribution in [0.5, 0.6) is 5.75 Å². The molecule has 1 heterocycles. The molecule has 154 valence electrons. The van der Waals surface area contributed by atoms with E-state index in [1.807, 2.05) is 67.6 Å². The number of hydrogen-bond donors (Lipinski definition) is 0. The van der Waals surface area contributed by atoms with E-state index in [1.165, 1.54) is 0 Å². The summed E-state index contributed by atoms with van der Waals surface area (Å²) in [5, 5.41) is 2.87. The Morgan fingerprint density at radius 3 is 2.37 bits per heavy atom. The van der Waals surface area contributed by atoms with Crippen LogP contribution in [0.2, 0.25) is 5.02 Å². The van der Waals surface area contributed by atoms with Crippen molar-refractivity contribution in [3.8, 4) is 5.75 Å². The molecule has 1 aromatic heterocycles. The minimum Gasteiger partial charge on any atom is -0.487 e. The fraction of sp³-hybridized carbons (Fsp3) is 0.192. The summed E-state index contributed by atoms with van der Waals surface area (Å²) in [7, 11) is 0. The molecule has 3 aromatic rings. The second kappa shape index (κ2) is 11.0. The lowest BCUT2D eigenvalue weighted by Crippen LogP contribution is -2.29. The van der Waals surface area contributed by atoms with E-state index in [-0.39, 0.29) is 0 Å². The first-order valence-corrected chi connectivity index (χ1v) is 10.9. The molecule has 0 spiro atoms. The molecule has 0 N–H and O–H groups in total. The van der Waals surface area contributed by atoms with E-state index >= 15 is 0 Å². The highest BCUT2D eigenvalue weighted by Gasteiger charge is 2.03. The average molecular weight is 438 g/mol. The molecule has 0 radical (unpaired) electrons. The Morgan fingerprint density at radius 2 is 1.73 bits per heavy atom. The minimum absolute atomic E-state index is 0.421. The monoisotopic (exact) mass is 437 g/mol. The van der Waals surface area contributed by atoms with Crippen molar-refractivity contribution in [1.29, 1.82) is 0 Å². The maximum Gasteiger partial charge on any atom is 0.130 e. The van der Waals surface area contributed by atoms with E-state index in [0.29, 0.717) is 12.5 Å². The molecule has 0 unspecified atom stereocenters. The van der Waals surface area contributed by atoms with E-state index in [2.05, 4.69) is 30.1 Å². The number of benzene rings is 2. The fourth-order valence-electron chi connectivity index (χ4n) is 3.11.